The Morgan fingerprint density at radius 1 is 0.950 bits per heavy atom. The molecule has 0 bridgehead atoms. The molecule has 0 saturated heterocycles. The molecule has 0 saturated carbocycles. The van der Waals surface area contributed by atoms with Crippen molar-refractivity contribution in [1.82, 2.24) is 5.32 Å². The van der Waals surface area contributed by atoms with Crippen LogP contribution in [0.2, 0.25) is 0 Å². The third-order valence-electron chi connectivity index (χ3n) is 3.09. The lowest BCUT2D eigenvalue weighted by molar-refractivity contribution is 0.483. The van der Waals surface area contributed by atoms with Crippen LogP contribution >= 0.6 is 11.8 Å². The first-order valence-corrected chi connectivity index (χ1v) is 7.25. The van der Waals surface area contributed by atoms with Crippen LogP contribution in [0.15, 0.2) is 41.3 Å². The standard InChI is InChI=1S/C15H14F3NS/c1-19-15(9-3-5-10(20-2)6-4-9)11-7-13(17)14(18)8-12(11)16/h3-8,15,19H,1-2H3. The van der Waals surface area contributed by atoms with Crippen LogP contribution in [0.25, 0.3) is 0 Å². The van der Waals surface area contributed by atoms with E-state index in [9.17, 15) is 13.2 Å². The minimum atomic E-state index is -1.18. The Kier molecular flexibility index (Phi) is 4.73. The first-order chi connectivity index (χ1) is 9.56. The minimum Gasteiger partial charge on any atom is -0.309 e. The second-order valence-electron chi connectivity index (χ2n) is 4.28. The molecule has 0 aliphatic rings. The normalized spacial score (nSPS) is 12.4. The summed E-state index contributed by atoms with van der Waals surface area (Å²) in [5, 5.41) is 2.92. The minimum absolute atomic E-state index is 0.0864. The van der Waals surface area contributed by atoms with E-state index in [1.54, 1.807) is 18.8 Å². The smallest absolute Gasteiger partial charge is 0.161 e. The number of hydrogen-bond acceptors (Lipinski definition) is 2. The third-order valence-corrected chi connectivity index (χ3v) is 3.83. The fourth-order valence-electron chi connectivity index (χ4n) is 2.06. The molecule has 2 aromatic rings. The Labute approximate surface area is 120 Å². The summed E-state index contributed by atoms with van der Waals surface area (Å²) in [7, 11) is 1.65. The second kappa shape index (κ2) is 6.33. The maximum Gasteiger partial charge on any atom is 0.161 e. The molecule has 5 heteroatoms. The highest BCUT2D eigenvalue weighted by Crippen LogP contribution is 2.27. The Morgan fingerprint density at radius 3 is 2.10 bits per heavy atom. The second-order valence-corrected chi connectivity index (χ2v) is 5.16. The van der Waals surface area contributed by atoms with Crippen LogP contribution in [0.5, 0.6) is 0 Å². The van der Waals surface area contributed by atoms with Crippen LogP contribution in [-0.4, -0.2) is 13.3 Å². The first-order valence-electron chi connectivity index (χ1n) is 6.02. The molecule has 0 heterocycles. The van der Waals surface area contributed by atoms with Gasteiger partial charge in [0.1, 0.15) is 5.82 Å². The molecule has 1 unspecified atom stereocenters. The molecule has 0 radical (unpaired) electrons. The third kappa shape index (κ3) is 2.99. The van der Waals surface area contributed by atoms with Gasteiger partial charge in [-0.3, -0.25) is 0 Å². The van der Waals surface area contributed by atoms with Gasteiger partial charge in [0.05, 0.1) is 6.04 Å². The van der Waals surface area contributed by atoms with Gasteiger partial charge in [-0.2, -0.15) is 0 Å². The molecule has 1 nitrogen and oxygen atoms in total. The van der Waals surface area contributed by atoms with Crippen LogP contribution < -0.4 is 5.32 Å². The van der Waals surface area contributed by atoms with Gasteiger partial charge in [0, 0.05) is 16.5 Å². The van der Waals surface area contributed by atoms with Crippen LogP contribution in [0.1, 0.15) is 17.2 Å². The lowest BCUT2D eigenvalue weighted by Gasteiger charge is -2.18. The molecular formula is C15H14F3NS. The van der Waals surface area contributed by atoms with E-state index >= 15 is 0 Å². The quantitative estimate of drug-likeness (QED) is 0.672. The zero-order valence-electron chi connectivity index (χ0n) is 11.1. The molecule has 1 N–H and O–H groups in total. The first kappa shape index (κ1) is 14.9. The van der Waals surface area contributed by atoms with Crippen molar-refractivity contribution in [3.8, 4) is 0 Å². The highest BCUT2D eigenvalue weighted by Gasteiger charge is 2.19. The van der Waals surface area contributed by atoms with E-state index in [4.69, 9.17) is 0 Å². The van der Waals surface area contributed by atoms with Crippen LogP contribution in [0.3, 0.4) is 0 Å². The number of thioether (sulfide) groups is 1. The summed E-state index contributed by atoms with van der Waals surface area (Å²) in [6.45, 7) is 0. The van der Waals surface area contributed by atoms with Gasteiger partial charge in [0.2, 0.25) is 0 Å². The molecule has 1 atom stereocenters. The van der Waals surface area contributed by atoms with Gasteiger partial charge < -0.3 is 5.32 Å². The van der Waals surface area contributed by atoms with E-state index in [1.807, 2.05) is 30.5 Å². The van der Waals surface area contributed by atoms with E-state index in [-0.39, 0.29) is 5.56 Å². The topological polar surface area (TPSA) is 12.0 Å². The Bertz CT molecular complexity index is 599. The summed E-state index contributed by atoms with van der Waals surface area (Å²) in [5.41, 5.74) is 0.874. The molecule has 2 rings (SSSR count). The number of benzene rings is 2. The van der Waals surface area contributed by atoms with Crippen LogP contribution in [0.4, 0.5) is 13.2 Å². The van der Waals surface area contributed by atoms with Gasteiger partial charge in [0.15, 0.2) is 11.6 Å². The van der Waals surface area contributed by atoms with E-state index < -0.39 is 23.5 Å². The Balaban J connectivity index is 2.43. The van der Waals surface area contributed by atoms with E-state index in [0.717, 1.165) is 16.5 Å². The number of hydrogen-bond donors (Lipinski definition) is 1. The zero-order chi connectivity index (χ0) is 14.7. The average molecular weight is 297 g/mol. The van der Waals surface area contributed by atoms with Crippen LogP contribution in [0, 0.1) is 17.5 Å². The van der Waals surface area contributed by atoms with Crippen molar-refractivity contribution < 1.29 is 13.2 Å². The zero-order valence-corrected chi connectivity index (χ0v) is 11.9. The summed E-state index contributed by atoms with van der Waals surface area (Å²) in [5.74, 6) is -3.00. The van der Waals surface area contributed by atoms with Gasteiger partial charge in [-0.1, -0.05) is 12.1 Å². The molecule has 0 aliphatic heterocycles. The molecule has 0 aliphatic carbocycles. The van der Waals surface area contributed by atoms with Crippen molar-refractivity contribution in [2.75, 3.05) is 13.3 Å². The SMILES string of the molecule is CNC(c1ccc(SC)cc1)c1cc(F)c(F)cc1F. The molecule has 0 spiro atoms. The molecule has 20 heavy (non-hydrogen) atoms. The fourth-order valence-corrected chi connectivity index (χ4v) is 2.47. The monoisotopic (exact) mass is 297 g/mol. The van der Waals surface area contributed by atoms with Crippen molar-refractivity contribution in [3.05, 3.63) is 65.0 Å². The van der Waals surface area contributed by atoms with Gasteiger partial charge in [-0.25, -0.2) is 13.2 Å². The number of nitrogens with one attached hydrogen (secondary N) is 1. The molecule has 106 valence electrons. The highest BCUT2D eigenvalue weighted by molar-refractivity contribution is 7.98. The largest absolute Gasteiger partial charge is 0.309 e. The van der Waals surface area contributed by atoms with Crippen LogP contribution in [-0.2, 0) is 0 Å². The fraction of sp³-hybridized carbons (Fsp3) is 0.200. The van der Waals surface area contributed by atoms with E-state index in [2.05, 4.69) is 5.32 Å². The highest BCUT2D eigenvalue weighted by atomic mass is 32.2. The van der Waals surface area contributed by atoms with Crippen molar-refractivity contribution in [2.45, 2.75) is 10.9 Å². The molecule has 0 fully saturated rings. The van der Waals surface area contributed by atoms with Gasteiger partial charge in [-0.05, 0) is 37.1 Å². The van der Waals surface area contributed by atoms with Gasteiger partial charge in [-0.15, -0.1) is 11.8 Å². The number of rotatable bonds is 4. The molecular weight excluding hydrogens is 283 g/mol. The molecule has 0 amide bonds. The summed E-state index contributed by atoms with van der Waals surface area (Å²) >= 11 is 1.60. The van der Waals surface area contributed by atoms with Gasteiger partial charge in [0.25, 0.3) is 0 Å². The predicted molar refractivity (Wildman–Crippen MR) is 75.4 cm³/mol. The van der Waals surface area contributed by atoms with Crippen molar-refractivity contribution in [1.29, 1.82) is 0 Å². The van der Waals surface area contributed by atoms with E-state index in [0.29, 0.717) is 6.07 Å². The van der Waals surface area contributed by atoms with Crippen molar-refractivity contribution >= 4 is 11.8 Å². The van der Waals surface area contributed by atoms with Crippen molar-refractivity contribution in [3.63, 3.8) is 0 Å². The maximum atomic E-state index is 13.8. The van der Waals surface area contributed by atoms with Gasteiger partial charge >= 0.3 is 0 Å². The summed E-state index contributed by atoms with van der Waals surface area (Å²) in [4.78, 5) is 1.08. The molecule has 0 aromatic heterocycles. The Morgan fingerprint density at radius 2 is 1.55 bits per heavy atom. The lowest BCUT2D eigenvalue weighted by atomic mass is 9.98. The van der Waals surface area contributed by atoms with Crippen molar-refractivity contribution in [2.24, 2.45) is 0 Å². The maximum absolute atomic E-state index is 13.8. The Hall–Kier alpha value is -1.46. The summed E-state index contributed by atoms with van der Waals surface area (Å²) < 4.78 is 40.2. The summed E-state index contributed by atoms with van der Waals surface area (Å²) in [6.07, 6.45) is 1.96. The number of halogens is 3. The van der Waals surface area contributed by atoms with E-state index in [1.165, 1.54) is 0 Å². The average Bonchev–Trinajstić information content (AvgIpc) is 2.46. The predicted octanol–water partition coefficient (Wildman–Crippen LogP) is 4.13. The molecule has 2 aromatic carbocycles. The summed E-state index contributed by atoms with van der Waals surface area (Å²) in [6, 6.07) is 8.44. The lowest BCUT2D eigenvalue weighted by Crippen LogP contribution is -2.19.